The minimum absolute atomic E-state index is 0.138. The molecule has 0 amide bonds. The number of benzene rings is 1. The maximum atomic E-state index is 12.5. The lowest BCUT2D eigenvalue weighted by atomic mass is 9.83. The van der Waals surface area contributed by atoms with Crippen LogP contribution < -0.4 is 0 Å². The largest absolute Gasteiger partial charge is 0.297 e. The van der Waals surface area contributed by atoms with Crippen LogP contribution in [0.4, 0.5) is 0 Å². The van der Waals surface area contributed by atoms with Crippen LogP contribution in [0.15, 0.2) is 30.3 Å². The molecule has 1 rings (SSSR count). The quantitative estimate of drug-likeness (QED) is 0.795. The Morgan fingerprint density at radius 2 is 1.76 bits per heavy atom. The molecule has 0 aliphatic rings. The predicted octanol–water partition coefficient (Wildman–Crippen LogP) is 3.29. The van der Waals surface area contributed by atoms with Crippen LogP contribution in [0.25, 0.3) is 0 Å². The van der Waals surface area contributed by atoms with Crippen molar-refractivity contribution in [1.82, 2.24) is 4.90 Å². The second kappa shape index (κ2) is 5.46. The second-order valence-corrected chi connectivity index (χ2v) is 5.50. The van der Waals surface area contributed by atoms with Gasteiger partial charge in [0.25, 0.3) is 0 Å². The Kier molecular flexibility index (Phi) is 4.47. The first-order valence-electron chi connectivity index (χ1n) is 6.17. The van der Waals surface area contributed by atoms with E-state index in [1.54, 1.807) is 0 Å². The SMILES string of the molecule is CCN(C)[C@@H](C(=O)C(C)(C)C)c1ccccc1. The van der Waals surface area contributed by atoms with E-state index in [1.807, 2.05) is 58.2 Å². The number of carbonyl (C=O) groups is 1. The van der Waals surface area contributed by atoms with Gasteiger partial charge < -0.3 is 0 Å². The number of hydrogen-bond donors (Lipinski definition) is 0. The minimum atomic E-state index is -0.316. The molecule has 0 aromatic heterocycles. The van der Waals surface area contributed by atoms with Crippen molar-refractivity contribution >= 4 is 5.78 Å². The van der Waals surface area contributed by atoms with Crippen molar-refractivity contribution in [1.29, 1.82) is 0 Å². The molecule has 17 heavy (non-hydrogen) atoms. The van der Waals surface area contributed by atoms with Crippen LogP contribution in [-0.4, -0.2) is 24.3 Å². The molecule has 0 saturated heterocycles. The van der Waals surface area contributed by atoms with Crippen LogP contribution in [0, 0.1) is 5.41 Å². The third-order valence-electron chi connectivity index (χ3n) is 3.04. The summed E-state index contributed by atoms with van der Waals surface area (Å²) in [6.07, 6.45) is 0. The highest BCUT2D eigenvalue weighted by Crippen LogP contribution is 2.29. The van der Waals surface area contributed by atoms with E-state index in [1.165, 1.54) is 0 Å². The van der Waals surface area contributed by atoms with E-state index in [-0.39, 0.29) is 17.2 Å². The van der Waals surface area contributed by atoms with E-state index < -0.39 is 0 Å². The Balaban J connectivity index is 3.10. The molecule has 0 bridgehead atoms. The van der Waals surface area contributed by atoms with Gasteiger partial charge in [0, 0.05) is 5.41 Å². The lowest BCUT2D eigenvalue weighted by Crippen LogP contribution is -2.37. The van der Waals surface area contributed by atoms with Crippen LogP contribution in [-0.2, 0) is 4.79 Å². The van der Waals surface area contributed by atoms with Crippen molar-refractivity contribution in [3.63, 3.8) is 0 Å². The van der Waals surface area contributed by atoms with Gasteiger partial charge in [-0.2, -0.15) is 0 Å². The molecule has 0 spiro atoms. The topological polar surface area (TPSA) is 20.3 Å². The number of nitrogens with zero attached hydrogens (tertiary/aromatic N) is 1. The van der Waals surface area contributed by atoms with Crippen molar-refractivity contribution in [3.8, 4) is 0 Å². The van der Waals surface area contributed by atoms with Crippen LogP contribution in [0.5, 0.6) is 0 Å². The summed E-state index contributed by atoms with van der Waals surface area (Å²) in [5.41, 5.74) is 0.765. The van der Waals surface area contributed by atoms with E-state index in [0.29, 0.717) is 0 Å². The molecule has 1 aromatic carbocycles. The standard InChI is InChI=1S/C15H23NO/c1-6-16(5)13(14(17)15(2,3)4)12-10-8-7-9-11-12/h7-11,13H,6H2,1-5H3/t13-/m1/s1. The maximum Gasteiger partial charge on any atom is 0.159 e. The first kappa shape index (κ1) is 13.9. The van der Waals surface area contributed by atoms with Gasteiger partial charge in [-0.25, -0.2) is 0 Å². The molecular formula is C15H23NO. The van der Waals surface area contributed by atoms with Crippen molar-refractivity contribution in [3.05, 3.63) is 35.9 Å². The first-order chi connectivity index (χ1) is 7.88. The molecule has 0 aliphatic heterocycles. The lowest BCUT2D eigenvalue weighted by molar-refractivity contribution is -0.131. The summed E-state index contributed by atoms with van der Waals surface area (Å²) in [5.74, 6) is 0.271. The van der Waals surface area contributed by atoms with E-state index in [0.717, 1.165) is 12.1 Å². The van der Waals surface area contributed by atoms with Crippen LogP contribution in [0.3, 0.4) is 0 Å². The van der Waals surface area contributed by atoms with Crippen molar-refractivity contribution in [2.45, 2.75) is 33.7 Å². The Bertz CT molecular complexity index is 364. The van der Waals surface area contributed by atoms with Gasteiger partial charge in [-0.1, -0.05) is 58.0 Å². The zero-order chi connectivity index (χ0) is 13.1. The van der Waals surface area contributed by atoms with E-state index >= 15 is 0 Å². The van der Waals surface area contributed by atoms with Crippen LogP contribution in [0.1, 0.15) is 39.3 Å². The highest BCUT2D eigenvalue weighted by molar-refractivity contribution is 5.89. The van der Waals surface area contributed by atoms with Crippen molar-refractivity contribution < 1.29 is 4.79 Å². The molecule has 1 atom stereocenters. The predicted molar refractivity (Wildman–Crippen MR) is 71.9 cm³/mol. The Hall–Kier alpha value is -1.15. The molecular weight excluding hydrogens is 210 g/mol. The third kappa shape index (κ3) is 3.40. The van der Waals surface area contributed by atoms with E-state index in [4.69, 9.17) is 0 Å². The molecule has 0 N–H and O–H groups in total. The van der Waals surface area contributed by atoms with Gasteiger partial charge in [0.1, 0.15) is 0 Å². The molecule has 94 valence electrons. The molecule has 0 unspecified atom stereocenters. The van der Waals surface area contributed by atoms with Gasteiger partial charge in [-0.3, -0.25) is 9.69 Å². The minimum Gasteiger partial charge on any atom is -0.297 e. The van der Waals surface area contributed by atoms with Crippen LogP contribution >= 0.6 is 0 Å². The summed E-state index contributed by atoms with van der Waals surface area (Å²) in [5, 5.41) is 0. The highest BCUT2D eigenvalue weighted by atomic mass is 16.1. The van der Waals surface area contributed by atoms with E-state index in [9.17, 15) is 4.79 Å². The summed E-state index contributed by atoms with van der Waals surface area (Å²) < 4.78 is 0. The summed E-state index contributed by atoms with van der Waals surface area (Å²) in [6, 6.07) is 9.87. The van der Waals surface area contributed by atoms with Gasteiger partial charge >= 0.3 is 0 Å². The average molecular weight is 233 g/mol. The smallest absolute Gasteiger partial charge is 0.159 e. The lowest BCUT2D eigenvalue weighted by Gasteiger charge is -2.31. The molecule has 0 fully saturated rings. The van der Waals surface area contributed by atoms with Crippen molar-refractivity contribution in [2.24, 2.45) is 5.41 Å². The number of likely N-dealkylation sites (N-methyl/N-ethyl adjacent to an activating group) is 1. The van der Waals surface area contributed by atoms with Gasteiger partial charge in [-0.05, 0) is 19.2 Å². The molecule has 0 radical (unpaired) electrons. The fraction of sp³-hybridized carbons (Fsp3) is 0.533. The van der Waals surface area contributed by atoms with Crippen molar-refractivity contribution in [2.75, 3.05) is 13.6 Å². The Labute approximate surface area is 105 Å². The number of rotatable bonds is 4. The summed E-state index contributed by atoms with van der Waals surface area (Å²) in [4.78, 5) is 14.6. The number of carbonyl (C=O) groups excluding carboxylic acids is 1. The molecule has 2 nitrogen and oxygen atoms in total. The highest BCUT2D eigenvalue weighted by Gasteiger charge is 2.32. The fourth-order valence-electron chi connectivity index (χ4n) is 1.83. The van der Waals surface area contributed by atoms with Gasteiger partial charge in [0.2, 0.25) is 0 Å². The molecule has 1 aromatic rings. The van der Waals surface area contributed by atoms with Gasteiger partial charge in [0.15, 0.2) is 5.78 Å². The van der Waals surface area contributed by atoms with Gasteiger partial charge in [0.05, 0.1) is 6.04 Å². The van der Waals surface area contributed by atoms with E-state index in [2.05, 4.69) is 11.8 Å². The molecule has 2 heteroatoms. The Morgan fingerprint density at radius 1 is 1.24 bits per heavy atom. The molecule has 0 heterocycles. The van der Waals surface area contributed by atoms with Crippen LogP contribution in [0.2, 0.25) is 0 Å². The molecule has 0 saturated carbocycles. The normalized spacial score (nSPS) is 13.8. The zero-order valence-electron chi connectivity index (χ0n) is 11.5. The first-order valence-corrected chi connectivity index (χ1v) is 6.17. The third-order valence-corrected chi connectivity index (χ3v) is 3.04. The maximum absolute atomic E-state index is 12.5. The number of ketones is 1. The number of hydrogen-bond acceptors (Lipinski definition) is 2. The summed E-state index contributed by atoms with van der Waals surface area (Å²) >= 11 is 0. The second-order valence-electron chi connectivity index (χ2n) is 5.50. The summed E-state index contributed by atoms with van der Waals surface area (Å²) in [7, 11) is 2.00. The number of Topliss-reactive ketones (excluding diaryl/α,β-unsaturated/α-hetero) is 1. The Morgan fingerprint density at radius 3 is 2.18 bits per heavy atom. The monoisotopic (exact) mass is 233 g/mol. The zero-order valence-corrected chi connectivity index (χ0v) is 11.5. The molecule has 0 aliphatic carbocycles. The average Bonchev–Trinajstić information content (AvgIpc) is 2.29. The van der Waals surface area contributed by atoms with Gasteiger partial charge in [-0.15, -0.1) is 0 Å². The summed E-state index contributed by atoms with van der Waals surface area (Å²) in [6.45, 7) is 8.88. The fourth-order valence-corrected chi connectivity index (χ4v) is 1.83.